The molecule has 0 spiro atoms. The monoisotopic (exact) mass is 262 g/mol. The lowest BCUT2D eigenvalue weighted by Gasteiger charge is -2.39. The number of benzene rings is 1. The standard InChI is InChI=1S/C14H18N2O3/c1-9-4-10(2)6-12(5-9)15(3)14(19)16-7-11(8-16)13(17)18/h4-6,11H,7-8H2,1-3H3,(H,17,18). The van der Waals surface area contributed by atoms with E-state index in [1.807, 2.05) is 32.0 Å². The summed E-state index contributed by atoms with van der Waals surface area (Å²) in [6, 6.07) is 5.78. The van der Waals surface area contributed by atoms with E-state index in [1.54, 1.807) is 16.8 Å². The summed E-state index contributed by atoms with van der Waals surface area (Å²) < 4.78 is 0. The molecule has 102 valence electrons. The summed E-state index contributed by atoms with van der Waals surface area (Å²) in [5.74, 6) is -1.25. The summed E-state index contributed by atoms with van der Waals surface area (Å²) in [5.41, 5.74) is 3.03. The Morgan fingerprint density at radius 1 is 1.21 bits per heavy atom. The third-order valence-electron chi connectivity index (χ3n) is 3.38. The van der Waals surface area contributed by atoms with E-state index in [9.17, 15) is 9.59 Å². The van der Waals surface area contributed by atoms with Crippen molar-refractivity contribution in [3.8, 4) is 0 Å². The Balaban J connectivity index is 2.06. The molecule has 2 rings (SSSR count). The number of nitrogens with zero attached hydrogens (tertiary/aromatic N) is 2. The van der Waals surface area contributed by atoms with Gasteiger partial charge in [-0.25, -0.2) is 4.79 Å². The average Bonchev–Trinajstić information content (AvgIpc) is 2.23. The van der Waals surface area contributed by atoms with Gasteiger partial charge in [0.2, 0.25) is 0 Å². The summed E-state index contributed by atoms with van der Waals surface area (Å²) in [7, 11) is 1.71. The molecule has 5 heteroatoms. The smallest absolute Gasteiger partial charge is 0.324 e. The Morgan fingerprint density at radius 3 is 2.21 bits per heavy atom. The molecule has 0 atom stereocenters. The van der Waals surface area contributed by atoms with Crippen LogP contribution in [-0.2, 0) is 4.79 Å². The molecule has 1 aliphatic heterocycles. The van der Waals surface area contributed by atoms with Crippen molar-refractivity contribution in [3.05, 3.63) is 29.3 Å². The van der Waals surface area contributed by atoms with E-state index in [1.165, 1.54) is 0 Å². The minimum absolute atomic E-state index is 0.150. The van der Waals surface area contributed by atoms with Gasteiger partial charge >= 0.3 is 12.0 Å². The van der Waals surface area contributed by atoms with Crippen molar-refractivity contribution in [1.82, 2.24) is 4.90 Å². The zero-order valence-corrected chi connectivity index (χ0v) is 11.4. The molecule has 0 radical (unpaired) electrons. The molecule has 19 heavy (non-hydrogen) atoms. The summed E-state index contributed by atoms with van der Waals surface area (Å²) in [6.45, 7) is 4.56. The van der Waals surface area contributed by atoms with Crippen LogP contribution in [0.1, 0.15) is 11.1 Å². The average molecular weight is 262 g/mol. The van der Waals surface area contributed by atoms with Gasteiger partial charge in [0, 0.05) is 25.8 Å². The van der Waals surface area contributed by atoms with Crippen molar-refractivity contribution in [2.75, 3.05) is 25.0 Å². The molecule has 1 saturated heterocycles. The zero-order valence-electron chi connectivity index (χ0n) is 11.4. The van der Waals surface area contributed by atoms with Crippen LogP contribution in [0.4, 0.5) is 10.5 Å². The molecule has 0 aliphatic carbocycles. The van der Waals surface area contributed by atoms with Gasteiger partial charge in [0.1, 0.15) is 0 Å². The summed E-state index contributed by atoms with van der Waals surface area (Å²) in [6.07, 6.45) is 0. The largest absolute Gasteiger partial charge is 0.481 e. The lowest BCUT2D eigenvalue weighted by molar-refractivity contribution is -0.145. The van der Waals surface area contributed by atoms with E-state index in [-0.39, 0.29) is 6.03 Å². The Hall–Kier alpha value is -2.04. The molecule has 2 amide bonds. The molecule has 1 fully saturated rings. The van der Waals surface area contributed by atoms with E-state index in [2.05, 4.69) is 0 Å². The molecule has 0 aromatic heterocycles. The van der Waals surface area contributed by atoms with Crippen LogP contribution in [0.15, 0.2) is 18.2 Å². The van der Waals surface area contributed by atoms with Gasteiger partial charge in [-0.1, -0.05) is 6.07 Å². The second-order valence-electron chi connectivity index (χ2n) is 5.13. The van der Waals surface area contributed by atoms with Crippen LogP contribution in [0.25, 0.3) is 0 Å². The van der Waals surface area contributed by atoms with Crippen molar-refractivity contribution in [2.45, 2.75) is 13.8 Å². The van der Waals surface area contributed by atoms with Gasteiger partial charge in [-0.3, -0.25) is 9.69 Å². The minimum Gasteiger partial charge on any atom is -0.481 e. The van der Waals surface area contributed by atoms with E-state index < -0.39 is 11.9 Å². The zero-order chi connectivity index (χ0) is 14.2. The maximum absolute atomic E-state index is 12.2. The Bertz CT molecular complexity index is 501. The molecule has 1 aromatic rings. The molecule has 1 aliphatic rings. The predicted molar refractivity (Wildman–Crippen MR) is 72.4 cm³/mol. The SMILES string of the molecule is Cc1cc(C)cc(N(C)C(=O)N2CC(C(=O)O)C2)c1. The number of hydrogen-bond donors (Lipinski definition) is 1. The third kappa shape index (κ3) is 2.70. The fourth-order valence-electron chi connectivity index (χ4n) is 2.26. The number of carbonyl (C=O) groups is 2. The molecule has 0 saturated carbocycles. The molecule has 0 bridgehead atoms. The van der Waals surface area contributed by atoms with Crippen LogP contribution >= 0.6 is 0 Å². The van der Waals surface area contributed by atoms with Crippen LogP contribution in [-0.4, -0.2) is 42.1 Å². The number of carboxylic acids is 1. The molecular weight excluding hydrogens is 244 g/mol. The number of likely N-dealkylation sites (tertiary alicyclic amines) is 1. The number of aryl methyl sites for hydroxylation is 2. The Morgan fingerprint density at radius 2 is 1.74 bits per heavy atom. The van der Waals surface area contributed by atoms with E-state index in [4.69, 9.17) is 5.11 Å². The predicted octanol–water partition coefficient (Wildman–Crippen LogP) is 1.88. The fraction of sp³-hybridized carbons (Fsp3) is 0.429. The third-order valence-corrected chi connectivity index (χ3v) is 3.38. The number of carboxylic acid groups (broad SMARTS) is 1. The van der Waals surface area contributed by atoms with Crippen molar-refractivity contribution in [1.29, 1.82) is 0 Å². The fourth-order valence-corrected chi connectivity index (χ4v) is 2.26. The molecule has 0 unspecified atom stereocenters. The van der Waals surface area contributed by atoms with Crippen LogP contribution in [0.5, 0.6) is 0 Å². The Labute approximate surface area is 112 Å². The van der Waals surface area contributed by atoms with Gasteiger partial charge in [0.15, 0.2) is 0 Å². The number of hydrogen-bond acceptors (Lipinski definition) is 2. The number of rotatable bonds is 2. The van der Waals surface area contributed by atoms with Crippen molar-refractivity contribution in [3.63, 3.8) is 0 Å². The lowest BCUT2D eigenvalue weighted by Crippen LogP contribution is -2.56. The molecule has 5 nitrogen and oxygen atoms in total. The van der Waals surface area contributed by atoms with Gasteiger partial charge in [0.05, 0.1) is 5.92 Å². The molecule has 1 aromatic carbocycles. The number of aliphatic carboxylic acids is 1. The molecule has 1 heterocycles. The lowest BCUT2D eigenvalue weighted by atomic mass is 10.0. The number of carbonyl (C=O) groups excluding carboxylic acids is 1. The minimum atomic E-state index is -0.835. The van der Waals surface area contributed by atoms with Crippen molar-refractivity contribution >= 4 is 17.7 Å². The quantitative estimate of drug-likeness (QED) is 0.885. The van der Waals surface area contributed by atoms with Crippen LogP contribution in [0, 0.1) is 19.8 Å². The topological polar surface area (TPSA) is 60.9 Å². The first kappa shape index (κ1) is 13.4. The van der Waals surface area contributed by atoms with E-state index in [0.29, 0.717) is 13.1 Å². The normalized spacial score (nSPS) is 15.0. The number of urea groups is 1. The molecular formula is C14H18N2O3. The first-order chi connectivity index (χ1) is 8.88. The highest BCUT2D eigenvalue weighted by Crippen LogP contribution is 2.22. The van der Waals surface area contributed by atoms with Gasteiger partial charge < -0.3 is 10.0 Å². The first-order valence-corrected chi connectivity index (χ1v) is 6.22. The van der Waals surface area contributed by atoms with Crippen molar-refractivity contribution in [2.24, 2.45) is 5.92 Å². The van der Waals surface area contributed by atoms with Crippen molar-refractivity contribution < 1.29 is 14.7 Å². The highest BCUT2D eigenvalue weighted by Gasteiger charge is 2.37. The second kappa shape index (κ2) is 4.91. The highest BCUT2D eigenvalue weighted by atomic mass is 16.4. The second-order valence-corrected chi connectivity index (χ2v) is 5.13. The number of amides is 2. The maximum Gasteiger partial charge on any atom is 0.324 e. The van der Waals surface area contributed by atoms with Gasteiger partial charge in [-0.05, 0) is 37.1 Å². The summed E-state index contributed by atoms with van der Waals surface area (Å²) >= 11 is 0. The van der Waals surface area contributed by atoms with E-state index >= 15 is 0 Å². The van der Waals surface area contributed by atoms with Crippen LogP contribution < -0.4 is 4.90 Å². The highest BCUT2D eigenvalue weighted by molar-refractivity contribution is 5.93. The summed E-state index contributed by atoms with van der Waals surface area (Å²) in [5, 5.41) is 8.81. The van der Waals surface area contributed by atoms with Crippen LogP contribution in [0.2, 0.25) is 0 Å². The van der Waals surface area contributed by atoms with Gasteiger partial charge in [-0.15, -0.1) is 0 Å². The van der Waals surface area contributed by atoms with Gasteiger partial charge in [0.25, 0.3) is 0 Å². The Kier molecular flexibility index (Phi) is 3.46. The molecule has 1 N–H and O–H groups in total. The van der Waals surface area contributed by atoms with Crippen LogP contribution in [0.3, 0.4) is 0 Å². The van der Waals surface area contributed by atoms with Gasteiger partial charge in [-0.2, -0.15) is 0 Å². The first-order valence-electron chi connectivity index (χ1n) is 6.22. The summed E-state index contributed by atoms with van der Waals surface area (Å²) in [4.78, 5) is 26.0. The maximum atomic E-state index is 12.2. The number of anilines is 1. The van der Waals surface area contributed by atoms with E-state index in [0.717, 1.165) is 16.8 Å².